The number of unbranched alkanes of at least 4 members (excludes halogenated alkanes) is 1. The third-order valence-corrected chi connectivity index (χ3v) is 6.68. The van der Waals surface area contributed by atoms with Crippen LogP contribution in [0.4, 0.5) is 0 Å². The van der Waals surface area contributed by atoms with Crippen LogP contribution in [0.3, 0.4) is 0 Å². The van der Waals surface area contributed by atoms with Crippen LogP contribution in [0.15, 0.2) is 29.3 Å². The van der Waals surface area contributed by atoms with Gasteiger partial charge in [-0.25, -0.2) is 0 Å². The Morgan fingerprint density at radius 3 is 2.41 bits per heavy atom. The second kappa shape index (κ2) is 12.0. The van der Waals surface area contributed by atoms with E-state index < -0.39 is 0 Å². The van der Waals surface area contributed by atoms with Gasteiger partial charge in [0.25, 0.3) is 11.8 Å². The predicted octanol–water partition coefficient (Wildman–Crippen LogP) is 3.25. The first kappa shape index (κ1) is 25.0. The Kier molecular flexibility index (Phi) is 9.34. The summed E-state index contributed by atoms with van der Waals surface area (Å²) in [4.78, 5) is 33.6. The van der Waals surface area contributed by atoms with Gasteiger partial charge in [0.1, 0.15) is 0 Å². The minimum absolute atomic E-state index is 0. The summed E-state index contributed by atoms with van der Waals surface area (Å²) in [6.07, 6.45) is 8.23. The molecule has 2 fully saturated rings. The van der Waals surface area contributed by atoms with Crippen LogP contribution in [0.5, 0.6) is 0 Å². The molecular weight excluding hydrogens is 517 g/mol. The summed E-state index contributed by atoms with van der Waals surface area (Å²) >= 11 is 0. The van der Waals surface area contributed by atoms with Crippen molar-refractivity contribution in [2.45, 2.75) is 64.0 Å². The molecule has 3 aliphatic rings. The quantitative estimate of drug-likeness (QED) is 0.170. The van der Waals surface area contributed by atoms with Crippen molar-refractivity contribution >= 4 is 41.8 Å². The minimum Gasteiger partial charge on any atom is -0.357 e. The number of imide groups is 1. The molecule has 1 atom stereocenters. The topological polar surface area (TPSA) is 77.0 Å². The molecule has 0 radical (unpaired) electrons. The molecule has 0 spiro atoms. The van der Waals surface area contributed by atoms with E-state index in [1.54, 1.807) is 24.3 Å². The van der Waals surface area contributed by atoms with Crippen LogP contribution in [0, 0.1) is 0 Å². The van der Waals surface area contributed by atoms with Gasteiger partial charge < -0.3 is 10.6 Å². The van der Waals surface area contributed by atoms with Gasteiger partial charge >= 0.3 is 0 Å². The molecule has 2 amide bonds. The summed E-state index contributed by atoms with van der Waals surface area (Å²) in [5.41, 5.74) is 1.04. The van der Waals surface area contributed by atoms with Gasteiger partial charge in [-0.05, 0) is 51.2 Å². The monoisotopic (exact) mass is 553 g/mol. The smallest absolute Gasteiger partial charge is 0.261 e. The highest BCUT2D eigenvalue weighted by molar-refractivity contribution is 14.0. The van der Waals surface area contributed by atoms with Gasteiger partial charge in [-0.3, -0.25) is 24.4 Å². The summed E-state index contributed by atoms with van der Waals surface area (Å²) < 4.78 is 0. The molecule has 176 valence electrons. The highest BCUT2D eigenvalue weighted by atomic mass is 127. The Balaban J connectivity index is 0.00000289. The van der Waals surface area contributed by atoms with E-state index in [9.17, 15) is 9.59 Å². The van der Waals surface area contributed by atoms with Gasteiger partial charge in [0, 0.05) is 44.8 Å². The van der Waals surface area contributed by atoms with Gasteiger partial charge in [0.15, 0.2) is 5.96 Å². The lowest BCUT2D eigenvalue weighted by Gasteiger charge is -2.24. The number of nitrogens with zero attached hydrogens (tertiary/aromatic N) is 3. The number of aliphatic imine (C=N–C) groups is 1. The summed E-state index contributed by atoms with van der Waals surface area (Å²) in [7, 11) is 0. The Morgan fingerprint density at radius 2 is 1.75 bits per heavy atom. The summed E-state index contributed by atoms with van der Waals surface area (Å²) in [5, 5.41) is 6.96. The van der Waals surface area contributed by atoms with Crippen molar-refractivity contribution in [3.8, 4) is 0 Å². The zero-order valence-corrected chi connectivity index (χ0v) is 21.3. The summed E-state index contributed by atoms with van der Waals surface area (Å²) in [5.74, 6) is 0.529. The number of carbonyl (C=O) groups excluding carboxylic acids is 2. The maximum atomic E-state index is 12.4. The highest BCUT2D eigenvalue weighted by Gasteiger charge is 2.34. The fourth-order valence-electron chi connectivity index (χ4n) is 5.03. The summed E-state index contributed by atoms with van der Waals surface area (Å²) in [6.45, 7) is 6.33. The van der Waals surface area contributed by atoms with Gasteiger partial charge in [-0.1, -0.05) is 25.0 Å². The first-order valence-corrected chi connectivity index (χ1v) is 11.9. The standard InChI is InChI=1S/C24H35N5O2.HI/c1-2-25-24(27-18-13-16-28(17-18)19-9-3-4-10-19)26-14-7-8-15-29-22(30)20-11-5-6-12-21(20)23(29)31;/h5-6,11-12,18-19H,2-4,7-10,13-17H2,1H3,(H2,25,26,27);1H. The number of amides is 2. The maximum Gasteiger partial charge on any atom is 0.261 e. The van der Waals surface area contributed by atoms with Crippen molar-refractivity contribution in [1.82, 2.24) is 20.4 Å². The van der Waals surface area contributed by atoms with Crippen LogP contribution in [-0.2, 0) is 0 Å². The molecule has 1 saturated heterocycles. The molecule has 2 N–H and O–H groups in total. The van der Waals surface area contributed by atoms with E-state index >= 15 is 0 Å². The number of nitrogens with one attached hydrogen (secondary N) is 2. The molecule has 0 aromatic heterocycles. The van der Waals surface area contributed by atoms with E-state index in [0.717, 1.165) is 37.9 Å². The van der Waals surface area contributed by atoms with Gasteiger partial charge in [0.2, 0.25) is 0 Å². The van der Waals surface area contributed by atoms with Crippen molar-refractivity contribution in [3.63, 3.8) is 0 Å². The molecule has 8 heteroatoms. The Morgan fingerprint density at radius 1 is 1.06 bits per heavy atom. The predicted molar refractivity (Wildman–Crippen MR) is 138 cm³/mol. The van der Waals surface area contributed by atoms with E-state index in [-0.39, 0.29) is 35.8 Å². The molecule has 1 aromatic rings. The molecule has 2 heterocycles. The fraction of sp³-hybridized carbons (Fsp3) is 0.625. The first-order chi connectivity index (χ1) is 15.2. The van der Waals surface area contributed by atoms with Crippen LogP contribution < -0.4 is 10.6 Å². The lowest BCUT2D eigenvalue weighted by Crippen LogP contribution is -2.45. The van der Waals surface area contributed by atoms with Crippen LogP contribution in [0.1, 0.15) is 72.6 Å². The number of hydrogen-bond acceptors (Lipinski definition) is 4. The van der Waals surface area contributed by atoms with Gasteiger partial charge in [-0.2, -0.15) is 0 Å². The molecular formula is C24H36IN5O2. The number of likely N-dealkylation sites (tertiary alicyclic amines) is 1. The first-order valence-electron chi connectivity index (χ1n) is 11.9. The third-order valence-electron chi connectivity index (χ3n) is 6.68. The van der Waals surface area contributed by atoms with E-state index in [1.165, 1.54) is 43.5 Å². The number of rotatable bonds is 8. The van der Waals surface area contributed by atoms with E-state index in [1.807, 2.05) is 0 Å². The molecule has 1 unspecified atom stereocenters. The van der Waals surface area contributed by atoms with Crippen molar-refractivity contribution in [2.75, 3.05) is 32.7 Å². The number of hydrogen-bond donors (Lipinski definition) is 2. The van der Waals surface area contributed by atoms with Gasteiger partial charge in [0.05, 0.1) is 11.1 Å². The van der Waals surface area contributed by atoms with Crippen LogP contribution in [0.2, 0.25) is 0 Å². The molecule has 1 saturated carbocycles. The Bertz CT molecular complexity index is 789. The van der Waals surface area contributed by atoms with Crippen molar-refractivity contribution in [3.05, 3.63) is 35.4 Å². The fourth-order valence-corrected chi connectivity index (χ4v) is 5.03. The Hall–Kier alpha value is -1.68. The zero-order valence-electron chi connectivity index (χ0n) is 19.0. The van der Waals surface area contributed by atoms with E-state index in [0.29, 0.717) is 30.3 Å². The molecule has 4 rings (SSSR count). The normalized spacial score (nSPS) is 21.7. The van der Waals surface area contributed by atoms with Crippen molar-refractivity contribution in [2.24, 2.45) is 4.99 Å². The lowest BCUT2D eigenvalue weighted by atomic mass is 10.1. The molecule has 0 bridgehead atoms. The van der Waals surface area contributed by atoms with Crippen LogP contribution in [-0.4, -0.2) is 72.4 Å². The molecule has 1 aliphatic carbocycles. The molecule has 7 nitrogen and oxygen atoms in total. The van der Waals surface area contributed by atoms with Gasteiger partial charge in [-0.15, -0.1) is 24.0 Å². The number of fused-ring (bicyclic) bond motifs is 1. The average Bonchev–Trinajstić information content (AvgIpc) is 3.51. The largest absolute Gasteiger partial charge is 0.357 e. The van der Waals surface area contributed by atoms with E-state index in [2.05, 4.69) is 22.5 Å². The maximum absolute atomic E-state index is 12.4. The van der Waals surface area contributed by atoms with Crippen LogP contribution >= 0.6 is 24.0 Å². The van der Waals surface area contributed by atoms with Crippen LogP contribution in [0.25, 0.3) is 0 Å². The molecule has 1 aromatic carbocycles. The van der Waals surface area contributed by atoms with E-state index in [4.69, 9.17) is 4.99 Å². The lowest BCUT2D eigenvalue weighted by molar-refractivity contribution is 0.0652. The van der Waals surface area contributed by atoms with Crippen molar-refractivity contribution in [1.29, 1.82) is 0 Å². The zero-order chi connectivity index (χ0) is 21.6. The third kappa shape index (κ3) is 5.81. The SMILES string of the molecule is CCNC(=NCCCCN1C(=O)c2ccccc2C1=O)NC1CCN(C2CCCC2)C1.I. The molecule has 32 heavy (non-hydrogen) atoms. The number of benzene rings is 1. The average molecular weight is 553 g/mol. The van der Waals surface area contributed by atoms with Crippen molar-refractivity contribution < 1.29 is 9.59 Å². The second-order valence-corrected chi connectivity index (χ2v) is 8.84. The number of guanidine groups is 1. The second-order valence-electron chi connectivity index (χ2n) is 8.84. The number of halogens is 1. The Labute approximate surface area is 208 Å². The summed E-state index contributed by atoms with van der Waals surface area (Å²) in [6, 6.07) is 8.30. The molecule has 2 aliphatic heterocycles. The minimum atomic E-state index is -0.174. The number of carbonyl (C=O) groups is 2. The highest BCUT2D eigenvalue weighted by Crippen LogP contribution is 2.26.